The molecule has 2 aromatic carbocycles. The first kappa shape index (κ1) is 16.4. The Morgan fingerprint density at radius 3 is 2.38 bits per heavy atom. The Morgan fingerprint density at radius 1 is 1.00 bits per heavy atom. The molecule has 0 saturated heterocycles. The molecular formula is C15H9Cl3O2S. The van der Waals surface area contributed by atoms with Gasteiger partial charge in [0.05, 0.1) is 0 Å². The van der Waals surface area contributed by atoms with Crippen molar-refractivity contribution in [1.29, 1.82) is 0 Å². The van der Waals surface area contributed by atoms with Gasteiger partial charge in [0.15, 0.2) is 0 Å². The molecule has 0 aromatic heterocycles. The Bertz CT molecular complexity index is 701. The first-order chi connectivity index (χ1) is 9.97. The highest BCUT2D eigenvalue weighted by molar-refractivity contribution is 7.98. The third kappa shape index (κ3) is 4.48. The molecule has 0 radical (unpaired) electrons. The zero-order valence-corrected chi connectivity index (χ0v) is 13.7. The SMILES string of the molecule is O=C(Cl)c1ccc(C(=O)Cl)c(SCc2cccc(Cl)c2)c1. The van der Waals surface area contributed by atoms with Gasteiger partial charge in [-0.1, -0.05) is 23.7 Å². The minimum absolute atomic E-state index is 0.326. The van der Waals surface area contributed by atoms with E-state index in [9.17, 15) is 9.59 Å². The Kier molecular flexibility index (Phi) is 5.71. The number of hydrogen-bond donors (Lipinski definition) is 0. The van der Waals surface area contributed by atoms with Gasteiger partial charge in [-0.05, 0) is 59.1 Å². The second-order valence-corrected chi connectivity index (χ2v) is 6.32. The molecule has 0 amide bonds. The van der Waals surface area contributed by atoms with E-state index in [1.807, 2.05) is 18.2 Å². The van der Waals surface area contributed by atoms with Crippen molar-refractivity contribution in [2.24, 2.45) is 0 Å². The Morgan fingerprint density at radius 2 is 1.76 bits per heavy atom. The topological polar surface area (TPSA) is 34.1 Å². The molecule has 0 aliphatic carbocycles. The summed E-state index contributed by atoms with van der Waals surface area (Å²) in [4.78, 5) is 23.3. The van der Waals surface area contributed by atoms with Gasteiger partial charge in [0, 0.05) is 26.8 Å². The fraction of sp³-hybridized carbons (Fsp3) is 0.0667. The van der Waals surface area contributed by atoms with E-state index >= 15 is 0 Å². The van der Waals surface area contributed by atoms with Crippen LogP contribution in [-0.2, 0) is 5.75 Å². The lowest BCUT2D eigenvalue weighted by Gasteiger charge is -2.08. The summed E-state index contributed by atoms with van der Waals surface area (Å²) in [5.74, 6) is 0.595. The largest absolute Gasteiger partial charge is 0.276 e. The van der Waals surface area contributed by atoms with Crippen LogP contribution in [-0.4, -0.2) is 10.5 Å². The Balaban J connectivity index is 2.26. The molecule has 21 heavy (non-hydrogen) atoms. The van der Waals surface area contributed by atoms with E-state index in [1.54, 1.807) is 12.1 Å². The fourth-order valence-electron chi connectivity index (χ4n) is 1.71. The third-order valence-electron chi connectivity index (χ3n) is 2.70. The van der Waals surface area contributed by atoms with E-state index in [-0.39, 0.29) is 0 Å². The molecule has 0 fully saturated rings. The molecule has 0 aliphatic rings. The third-order valence-corrected chi connectivity index (χ3v) is 4.49. The average Bonchev–Trinajstić information content (AvgIpc) is 2.44. The summed E-state index contributed by atoms with van der Waals surface area (Å²) in [6, 6.07) is 12.0. The highest BCUT2D eigenvalue weighted by Gasteiger charge is 2.13. The van der Waals surface area contributed by atoms with Crippen molar-refractivity contribution in [1.82, 2.24) is 0 Å². The molecule has 0 aliphatic heterocycles. The Hall–Kier alpha value is -1.00. The van der Waals surface area contributed by atoms with Gasteiger partial charge in [-0.2, -0.15) is 0 Å². The van der Waals surface area contributed by atoms with Crippen LogP contribution in [0.2, 0.25) is 5.02 Å². The van der Waals surface area contributed by atoms with Crippen molar-refractivity contribution in [2.45, 2.75) is 10.6 Å². The molecule has 2 aromatic rings. The van der Waals surface area contributed by atoms with Crippen molar-refractivity contribution >= 4 is 57.0 Å². The molecule has 0 spiro atoms. The summed E-state index contributed by atoms with van der Waals surface area (Å²) in [7, 11) is 0. The fourth-order valence-corrected chi connectivity index (χ4v) is 3.29. The van der Waals surface area contributed by atoms with Crippen LogP contribution in [0.5, 0.6) is 0 Å². The number of benzene rings is 2. The summed E-state index contributed by atoms with van der Waals surface area (Å²) in [6.07, 6.45) is 0. The lowest BCUT2D eigenvalue weighted by Crippen LogP contribution is -1.97. The van der Waals surface area contributed by atoms with Crippen LogP contribution in [0.1, 0.15) is 26.3 Å². The molecule has 0 N–H and O–H groups in total. The van der Waals surface area contributed by atoms with Gasteiger partial charge in [-0.25, -0.2) is 0 Å². The van der Waals surface area contributed by atoms with Gasteiger partial charge in [-0.15, -0.1) is 11.8 Å². The maximum atomic E-state index is 11.4. The van der Waals surface area contributed by atoms with Crippen LogP contribution in [0.4, 0.5) is 0 Å². The molecule has 2 rings (SSSR count). The van der Waals surface area contributed by atoms with E-state index in [0.717, 1.165) is 5.56 Å². The van der Waals surface area contributed by atoms with Gasteiger partial charge in [0.2, 0.25) is 0 Å². The number of hydrogen-bond acceptors (Lipinski definition) is 3. The molecule has 0 bridgehead atoms. The van der Waals surface area contributed by atoms with E-state index < -0.39 is 10.5 Å². The van der Waals surface area contributed by atoms with Crippen molar-refractivity contribution < 1.29 is 9.59 Å². The van der Waals surface area contributed by atoms with Gasteiger partial charge >= 0.3 is 0 Å². The number of carbonyl (C=O) groups is 2. The molecule has 0 unspecified atom stereocenters. The average molecular weight is 360 g/mol. The summed E-state index contributed by atoms with van der Waals surface area (Å²) >= 11 is 18.3. The quantitative estimate of drug-likeness (QED) is 0.530. The van der Waals surface area contributed by atoms with E-state index in [0.29, 0.717) is 26.8 Å². The number of carbonyl (C=O) groups excluding carboxylic acids is 2. The maximum absolute atomic E-state index is 11.4. The smallest absolute Gasteiger partial charge is 0.253 e. The van der Waals surface area contributed by atoms with Gasteiger partial charge in [-0.3, -0.25) is 9.59 Å². The van der Waals surface area contributed by atoms with E-state index in [2.05, 4.69) is 0 Å². The predicted molar refractivity (Wildman–Crippen MR) is 87.8 cm³/mol. The minimum atomic E-state index is -0.576. The van der Waals surface area contributed by atoms with Gasteiger partial charge in [0.1, 0.15) is 0 Å². The van der Waals surface area contributed by atoms with Crippen molar-refractivity contribution in [3.63, 3.8) is 0 Å². The Labute approximate surface area is 141 Å². The van der Waals surface area contributed by atoms with E-state index in [1.165, 1.54) is 23.9 Å². The van der Waals surface area contributed by atoms with Crippen LogP contribution in [0, 0.1) is 0 Å². The van der Waals surface area contributed by atoms with Crippen molar-refractivity contribution in [2.75, 3.05) is 0 Å². The minimum Gasteiger partial charge on any atom is -0.276 e. The highest BCUT2D eigenvalue weighted by atomic mass is 35.5. The van der Waals surface area contributed by atoms with Crippen molar-refractivity contribution in [3.8, 4) is 0 Å². The zero-order chi connectivity index (χ0) is 15.4. The van der Waals surface area contributed by atoms with Crippen molar-refractivity contribution in [3.05, 3.63) is 64.2 Å². The number of rotatable bonds is 5. The summed E-state index contributed by atoms with van der Waals surface area (Å²) in [5.41, 5.74) is 1.68. The summed E-state index contributed by atoms with van der Waals surface area (Å²) in [5, 5.41) is -0.503. The summed E-state index contributed by atoms with van der Waals surface area (Å²) in [6.45, 7) is 0. The van der Waals surface area contributed by atoms with Crippen LogP contribution in [0.3, 0.4) is 0 Å². The van der Waals surface area contributed by atoms with Crippen LogP contribution >= 0.6 is 46.6 Å². The second kappa shape index (κ2) is 7.32. The monoisotopic (exact) mass is 358 g/mol. The number of halogens is 3. The number of thioether (sulfide) groups is 1. The molecular weight excluding hydrogens is 351 g/mol. The van der Waals surface area contributed by atoms with Gasteiger partial charge < -0.3 is 0 Å². The van der Waals surface area contributed by atoms with E-state index in [4.69, 9.17) is 34.8 Å². The van der Waals surface area contributed by atoms with Crippen LogP contribution < -0.4 is 0 Å². The molecule has 2 nitrogen and oxygen atoms in total. The predicted octanol–water partition coefficient (Wildman–Crippen LogP) is 5.39. The first-order valence-corrected chi connectivity index (χ1v) is 8.00. The normalized spacial score (nSPS) is 10.4. The zero-order valence-electron chi connectivity index (χ0n) is 10.6. The molecule has 108 valence electrons. The molecule has 0 atom stereocenters. The van der Waals surface area contributed by atoms with Gasteiger partial charge in [0.25, 0.3) is 10.5 Å². The lowest BCUT2D eigenvalue weighted by atomic mass is 10.1. The standard InChI is InChI=1S/C15H9Cl3O2S/c16-11-3-1-2-9(6-11)8-21-13-7-10(14(17)19)4-5-12(13)15(18)20/h1-7H,8H2. The summed E-state index contributed by atoms with van der Waals surface area (Å²) < 4.78 is 0. The highest BCUT2D eigenvalue weighted by Crippen LogP contribution is 2.29. The maximum Gasteiger partial charge on any atom is 0.253 e. The molecule has 0 saturated carbocycles. The lowest BCUT2D eigenvalue weighted by molar-refractivity contribution is 0.106. The molecule has 0 heterocycles. The van der Waals surface area contributed by atoms with Crippen LogP contribution in [0.25, 0.3) is 0 Å². The first-order valence-electron chi connectivity index (χ1n) is 5.88. The molecule has 6 heteroatoms. The second-order valence-electron chi connectivity index (χ2n) is 4.18. The van der Waals surface area contributed by atoms with Crippen LogP contribution in [0.15, 0.2) is 47.4 Å².